The van der Waals surface area contributed by atoms with E-state index < -0.39 is 0 Å². The number of benzene rings is 1. The van der Waals surface area contributed by atoms with Gasteiger partial charge in [0.05, 0.1) is 0 Å². The highest BCUT2D eigenvalue weighted by Gasteiger charge is 2.22. The van der Waals surface area contributed by atoms with Gasteiger partial charge in [-0.3, -0.25) is 0 Å². The number of anilines is 1. The summed E-state index contributed by atoms with van der Waals surface area (Å²) in [6.45, 7) is 6.52. The van der Waals surface area contributed by atoms with Crippen molar-refractivity contribution in [3.8, 4) is 0 Å². The fraction of sp³-hybridized carbons (Fsp3) is 0.625. The number of para-hydroxylation sites is 1. The third kappa shape index (κ3) is 2.86. The van der Waals surface area contributed by atoms with Gasteiger partial charge in [-0.05, 0) is 56.8 Å². The molecule has 2 heterocycles. The van der Waals surface area contributed by atoms with Gasteiger partial charge in [0, 0.05) is 25.3 Å². The molecule has 0 aliphatic carbocycles. The van der Waals surface area contributed by atoms with Crippen LogP contribution in [0.1, 0.15) is 25.7 Å². The van der Waals surface area contributed by atoms with Crippen LogP contribution in [0.25, 0.3) is 0 Å². The fourth-order valence-electron chi connectivity index (χ4n) is 3.34. The fourth-order valence-corrected chi connectivity index (χ4v) is 3.34. The molecule has 2 aliphatic heterocycles. The molecule has 2 heteroatoms. The van der Waals surface area contributed by atoms with E-state index in [0.29, 0.717) is 0 Å². The Kier molecular flexibility index (Phi) is 3.84. The number of nitrogens with zero attached hydrogens (tertiary/aromatic N) is 2. The van der Waals surface area contributed by atoms with E-state index in [1.54, 1.807) is 0 Å². The highest BCUT2D eigenvalue weighted by molar-refractivity contribution is 5.46. The van der Waals surface area contributed by atoms with Gasteiger partial charge in [0.2, 0.25) is 0 Å². The van der Waals surface area contributed by atoms with Crippen LogP contribution in [0.15, 0.2) is 30.3 Å². The Morgan fingerprint density at radius 3 is 2.22 bits per heavy atom. The zero-order valence-electron chi connectivity index (χ0n) is 11.2. The average Bonchev–Trinajstić information content (AvgIpc) is 2.94. The van der Waals surface area contributed by atoms with Gasteiger partial charge in [0.1, 0.15) is 0 Å². The maximum atomic E-state index is 2.67. The summed E-state index contributed by atoms with van der Waals surface area (Å²) in [5, 5.41) is 0. The first kappa shape index (κ1) is 12.0. The topological polar surface area (TPSA) is 6.48 Å². The second-order valence-corrected chi connectivity index (χ2v) is 5.77. The van der Waals surface area contributed by atoms with Crippen LogP contribution in [0.4, 0.5) is 5.69 Å². The standard InChI is InChI=1S/C16H24N2/c1-2-6-16(7-3-1)18-12-8-15(9-13-18)14-17-10-4-5-11-17/h1-3,6-7,15H,4-5,8-14H2. The minimum atomic E-state index is 0.933. The first-order valence-corrected chi connectivity index (χ1v) is 7.44. The van der Waals surface area contributed by atoms with Crippen molar-refractivity contribution in [3.05, 3.63) is 30.3 Å². The molecule has 0 unspecified atom stereocenters. The Balaban J connectivity index is 1.49. The van der Waals surface area contributed by atoms with Crippen molar-refractivity contribution in [3.63, 3.8) is 0 Å². The molecule has 98 valence electrons. The third-order valence-corrected chi connectivity index (χ3v) is 4.45. The van der Waals surface area contributed by atoms with Crippen LogP contribution >= 0.6 is 0 Å². The molecule has 0 radical (unpaired) electrons. The van der Waals surface area contributed by atoms with Crippen LogP contribution in [-0.2, 0) is 0 Å². The van der Waals surface area contributed by atoms with Crippen molar-refractivity contribution in [1.82, 2.24) is 4.90 Å². The van der Waals surface area contributed by atoms with Gasteiger partial charge >= 0.3 is 0 Å². The summed E-state index contributed by atoms with van der Waals surface area (Å²) in [7, 11) is 0. The smallest absolute Gasteiger partial charge is 0.0366 e. The van der Waals surface area contributed by atoms with E-state index in [9.17, 15) is 0 Å². The van der Waals surface area contributed by atoms with E-state index in [4.69, 9.17) is 0 Å². The first-order valence-electron chi connectivity index (χ1n) is 7.44. The molecule has 0 aromatic heterocycles. The van der Waals surface area contributed by atoms with Crippen molar-refractivity contribution >= 4 is 5.69 Å². The predicted molar refractivity (Wildman–Crippen MR) is 77.1 cm³/mol. The van der Waals surface area contributed by atoms with Gasteiger partial charge in [0.15, 0.2) is 0 Å². The van der Waals surface area contributed by atoms with Gasteiger partial charge in [-0.25, -0.2) is 0 Å². The van der Waals surface area contributed by atoms with Crippen molar-refractivity contribution in [1.29, 1.82) is 0 Å². The Labute approximate surface area is 111 Å². The van der Waals surface area contributed by atoms with E-state index in [0.717, 1.165) is 5.92 Å². The summed E-state index contributed by atoms with van der Waals surface area (Å²) in [6.07, 6.45) is 5.57. The first-order chi connectivity index (χ1) is 8.92. The quantitative estimate of drug-likeness (QED) is 0.806. The van der Waals surface area contributed by atoms with Crippen LogP contribution in [0.3, 0.4) is 0 Å². The maximum absolute atomic E-state index is 2.67. The molecule has 0 saturated carbocycles. The molecule has 0 amide bonds. The number of rotatable bonds is 3. The molecule has 0 bridgehead atoms. The molecule has 18 heavy (non-hydrogen) atoms. The Bertz CT molecular complexity index is 349. The van der Waals surface area contributed by atoms with E-state index in [2.05, 4.69) is 40.1 Å². The Hall–Kier alpha value is -1.02. The second kappa shape index (κ2) is 5.75. The zero-order valence-corrected chi connectivity index (χ0v) is 11.2. The molecule has 2 fully saturated rings. The molecule has 2 aliphatic rings. The SMILES string of the molecule is c1ccc(N2CCC(CN3CCCC3)CC2)cc1. The molecule has 2 nitrogen and oxygen atoms in total. The molecule has 0 spiro atoms. The zero-order chi connectivity index (χ0) is 12.2. The van der Waals surface area contributed by atoms with Gasteiger partial charge in [-0.2, -0.15) is 0 Å². The number of piperidine rings is 1. The molecule has 1 aromatic carbocycles. The summed E-state index contributed by atoms with van der Waals surface area (Å²) in [6, 6.07) is 10.9. The van der Waals surface area contributed by atoms with Crippen LogP contribution in [0, 0.1) is 5.92 Å². The van der Waals surface area contributed by atoms with Crippen molar-refractivity contribution < 1.29 is 0 Å². The van der Waals surface area contributed by atoms with Crippen LogP contribution in [0.5, 0.6) is 0 Å². The largest absolute Gasteiger partial charge is 0.372 e. The van der Waals surface area contributed by atoms with Gasteiger partial charge in [-0.1, -0.05) is 18.2 Å². The number of hydrogen-bond donors (Lipinski definition) is 0. The van der Waals surface area contributed by atoms with Crippen LogP contribution in [-0.4, -0.2) is 37.6 Å². The highest BCUT2D eigenvalue weighted by Crippen LogP contribution is 2.24. The van der Waals surface area contributed by atoms with E-state index in [1.165, 1.54) is 64.1 Å². The Morgan fingerprint density at radius 2 is 1.56 bits per heavy atom. The van der Waals surface area contributed by atoms with Crippen molar-refractivity contribution in [2.75, 3.05) is 37.6 Å². The Morgan fingerprint density at radius 1 is 0.889 bits per heavy atom. The summed E-state index contributed by atoms with van der Waals surface area (Å²) in [5.41, 5.74) is 1.40. The number of hydrogen-bond acceptors (Lipinski definition) is 2. The monoisotopic (exact) mass is 244 g/mol. The molecule has 1 aromatic rings. The molecule has 3 rings (SSSR count). The molecular weight excluding hydrogens is 220 g/mol. The lowest BCUT2D eigenvalue weighted by molar-refractivity contribution is 0.249. The molecule has 0 atom stereocenters. The van der Waals surface area contributed by atoms with Gasteiger partial charge < -0.3 is 9.80 Å². The predicted octanol–water partition coefficient (Wildman–Crippen LogP) is 3.00. The van der Waals surface area contributed by atoms with Gasteiger partial charge in [0.25, 0.3) is 0 Å². The second-order valence-electron chi connectivity index (χ2n) is 5.77. The van der Waals surface area contributed by atoms with Crippen LogP contribution in [0.2, 0.25) is 0 Å². The minimum Gasteiger partial charge on any atom is -0.372 e. The normalized spacial score (nSPS) is 22.6. The molecular formula is C16H24N2. The van der Waals surface area contributed by atoms with E-state index in [1.807, 2.05) is 0 Å². The maximum Gasteiger partial charge on any atom is 0.0366 e. The highest BCUT2D eigenvalue weighted by atomic mass is 15.2. The number of likely N-dealkylation sites (tertiary alicyclic amines) is 1. The summed E-state index contributed by atoms with van der Waals surface area (Å²) in [5.74, 6) is 0.933. The average molecular weight is 244 g/mol. The third-order valence-electron chi connectivity index (χ3n) is 4.45. The van der Waals surface area contributed by atoms with Crippen LogP contribution < -0.4 is 4.90 Å². The lowest BCUT2D eigenvalue weighted by atomic mass is 9.96. The summed E-state index contributed by atoms with van der Waals surface area (Å²) < 4.78 is 0. The lowest BCUT2D eigenvalue weighted by Gasteiger charge is -2.35. The molecule has 0 N–H and O–H groups in total. The lowest BCUT2D eigenvalue weighted by Crippen LogP contribution is -2.38. The molecule has 2 saturated heterocycles. The van der Waals surface area contributed by atoms with Gasteiger partial charge in [-0.15, -0.1) is 0 Å². The van der Waals surface area contributed by atoms with Crippen molar-refractivity contribution in [2.24, 2.45) is 5.92 Å². The summed E-state index contributed by atoms with van der Waals surface area (Å²) >= 11 is 0. The van der Waals surface area contributed by atoms with Crippen molar-refractivity contribution in [2.45, 2.75) is 25.7 Å². The van der Waals surface area contributed by atoms with E-state index in [-0.39, 0.29) is 0 Å². The summed E-state index contributed by atoms with van der Waals surface area (Å²) in [4.78, 5) is 5.21. The van der Waals surface area contributed by atoms with E-state index >= 15 is 0 Å². The minimum absolute atomic E-state index is 0.933.